The smallest absolute Gasteiger partial charge is 0.175 e. The highest BCUT2D eigenvalue weighted by molar-refractivity contribution is 5.85. The van der Waals surface area contributed by atoms with Crippen molar-refractivity contribution >= 4 is 5.78 Å². The molecule has 1 aliphatic rings. The monoisotopic (exact) mass is 173 g/mol. The predicted molar refractivity (Wildman–Crippen MR) is 44.1 cm³/mol. The molecule has 4 nitrogen and oxygen atoms in total. The minimum atomic E-state index is -0.0742. The zero-order chi connectivity index (χ0) is 8.97. The van der Waals surface area contributed by atoms with Gasteiger partial charge in [0.25, 0.3) is 0 Å². The summed E-state index contributed by atoms with van der Waals surface area (Å²) in [4.78, 5) is 11.3. The Hall–Kier alpha value is -0.450. The van der Waals surface area contributed by atoms with E-state index in [-0.39, 0.29) is 24.5 Å². The lowest BCUT2D eigenvalue weighted by molar-refractivity contribution is -0.124. The molecule has 0 aromatic rings. The van der Waals surface area contributed by atoms with Gasteiger partial charge in [-0.15, -0.1) is 0 Å². The van der Waals surface area contributed by atoms with Gasteiger partial charge in [0.1, 0.15) is 6.61 Å². The van der Waals surface area contributed by atoms with Crippen molar-refractivity contribution in [3.8, 4) is 0 Å². The Morgan fingerprint density at radius 1 is 1.58 bits per heavy atom. The molecule has 0 aromatic carbocycles. The first-order valence-electron chi connectivity index (χ1n) is 4.05. The normalized spacial score (nSPS) is 29.2. The first-order chi connectivity index (χ1) is 5.77. The maximum Gasteiger partial charge on any atom is 0.175 e. The summed E-state index contributed by atoms with van der Waals surface area (Å²) < 4.78 is 9.87. The zero-order valence-electron chi connectivity index (χ0n) is 7.50. The Morgan fingerprint density at radius 2 is 2.33 bits per heavy atom. The van der Waals surface area contributed by atoms with E-state index >= 15 is 0 Å². The number of carbonyl (C=O) groups is 1. The molecule has 1 N–H and O–H groups in total. The highest BCUT2D eigenvalue weighted by Gasteiger charge is 2.28. The molecule has 0 aromatic heterocycles. The van der Waals surface area contributed by atoms with Gasteiger partial charge < -0.3 is 14.8 Å². The molecule has 0 aliphatic carbocycles. The van der Waals surface area contributed by atoms with Crippen molar-refractivity contribution in [3.05, 3.63) is 0 Å². The second kappa shape index (κ2) is 4.54. The van der Waals surface area contributed by atoms with Crippen LogP contribution in [-0.4, -0.2) is 45.3 Å². The van der Waals surface area contributed by atoms with Gasteiger partial charge in [0.15, 0.2) is 5.78 Å². The molecule has 2 atom stereocenters. The summed E-state index contributed by atoms with van der Waals surface area (Å²) in [6.45, 7) is 0.949. The van der Waals surface area contributed by atoms with Gasteiger partial charge in [-0.25, -0.2) is 0 Å². The summed E-state index contributed by atoms with van der Waals surface area (Å²) in [5.41, 5.74) is 0. The number of hydrogen-bond acceptors (Lipinski definition) is 4. The fraction of sp³-hybridized carbons (Fsp3) is 0.875. The van der Waals surface area contributed by atoms with Crippen LogP contribution in [0.15, 0.2) is 0 Å². The van der Waals surface area contributed by atoms with Crippen molar-refractivity contribution < 1.29 is 14.3 Å². The number of ketones is 1. The Morgan fingerprint density at radius 3 is 2.83 bits per heavy atom. The van der Waals surface area contributed by atoms with Gasteiger partial charge in [-0.05, 0) is 6.42 Å². The molecular weight excluding hydrogens is 158 g/mol. The van der Waals surface area contributed by atoms with E-state index < -0.39 is 0 Å². The highest BCUT2D eigenvalue weighted by atomic mass is 16.5. The van der Waals surface area contributed by atoms with E-state index in [1.807, 2.05) is 0 Å². The number of Topliss-reactive ketones (excluding diaryl/α,β-unsaturated/α-hetero) is 1. The van der Waals surface area contributed by atoms with Crippen LogP contribution in [0, 0.1) is 0 Å². The van der Waals surface area contributed by atoms with Gasteiger partial charge in [-0.1, -0.05) is 0 Å². The molecule has 0 radical (unpaired) electrons. The Kier molecular flexibility index (Phi) is 3.65. The molecule has 0 spiro atoms. The fourth-order valence-corrected chi connectivity index (χ4v) is 1.37. The summed E-state index contributed by atoms with van der Waals surface area (Å²) in [5, 5.41) is 3.09. The van der Waals surface area contributed by atoms with Crippen molar-refractivity contribution in [2.75, 3.05) is 27.4 Å². The number of carbonyl (C=O) groups excluding carboxylic acids is 1. The minimum absolute atomic E-state index is 0.0742. The van der Waals surface area contributed by atoms with Gasteiger partial charge in [0.2, 0.25) is 0 Å². The summed E-state index contributed by atoms with van der Waals surface area (Å²) in [7, 11) is 3.19. The average Bonchev–Trinajstić information content (AvgIpc) is 2.52. The van der Waals surface area contributed by atoms with Crippen LogP contribution in [0.25, 0.3) is 0 Å². The third-order valence-corrected chi connectivity index (χ3v) is 2.10. The van der Waals surface area contributed by atoms with Crippen molar-refractivity contribution in [1.82, 2.24) is 5.32 Å². The second-order valence-corrected chi connectivity index (χ2v) is 2.95. The van der Waals surface area contributed by atoms with Gasteiger partial charge >= 0.3 is 0 Å². The standard InChI is InChI=1S/C8H15NO3/c1-11-5-8(10)7-3-6(12-2)4-9-7/h6-7,9H,3-5H2,1-2H3. The van der Waals surface area contributed by atoms with Gasteiger partial charge in [-0.2, -0.15) is 0 Å². The lowest BCUT2D eigenvalue weighted by atomic mass is 10.1. The van der Waals surface area contributed by atoms with Crippen LogP contribution >= 0.6 is 0 Å². The third-order valence-electron chi connectivity index (χ3n) is 2.10. The van der Waals surface area contributed by atoms with E-state index in [4.69, 9.17) is 9.47 Å². The summed E-state index contributed by atoms with van der Waals surface area (Å²) in [6, 6.07) is -0.0742. The van der Waals surface area contributed by atoms with E-state index in [9.17, 15) is 4.79 Å². The number of hydrogen-bond donors (Lipinski definition) is 1. The molecular formula is C8H15NO3. The number of nitrogens with one attached hydrogen (secondary N) is 1. The molecule has 0 bridgehead atoms. The molecule has 1 fully saturated rings. The first-order valence-corrected chi connectivity index (χ1v) is 4.05. The maximum atomic E-state index is 11.3. The number of methoxy groups -OCH3 is 2. The van der Waals surface area contributed by atoms with Crippen LogP contribution in [0.1, 0.15) is 6.42 Å². The van der Waals surface area contributed by atoms with Crippen molar-refractivity contribution in [1.29, 1.82) is 0 Å². The zero-order valence-corrected chi connectivity index (χ0v) is 7.50. The molecule has 1 heterocycles. The average molecular weight is 173 g/mol. The van der Waals surface area contributed by atoms with Crippen molar-refractivity contribution in [3.63, 3.8) is 0 Å². The van der Waals surface area contributed by atoms with Gasteiger partial charge in [-0.3, -0.25) is 4.79 Å². The molecule has 0 amide bonds. The summed E-state index contributed by atoms with van der Waals surface area (Å²) in [6.07, 6.45) is 0.939. The molecule has 12 heavy (non-hydrogen) atoms. The molecule has 2 unspecified atom stereocenters. The lowest BCUT2D eigenvalue weighted by Gasteiger charge is -2.07. The molecule has 70 valence electrons. The Labute approximate surface area is 72.2 Å². The molecule has 0 saturated carbocycles. The third kappa shape index (κ3) is 2.27. The van der Waals surface area contributed by atoms with E-state index in [1.165, 1.54) is 7.11 Å². The van der Waals surface area contributed by atoms with Gasteiger partial charge in [0, 0.05) is 20.8 Å². The van der Waals surface area contributed by atoms with Crippen LogP contribution in [-0.2, 0) is 14.3 Å². The lowest BCUT2D eigenvalue weighted by Crippen LogP contribution is -2.33. The van der Waals surface area contributed by atoms with Gasteiger partial charge in [0.05, 0.1) is 12.1 Å². The summed E-state index contributed by atoms with van der Waals surface area (Å²) in [5.74, 6) is 0.108. The van der Waals surface area contributed by atoms with E-state index in [1.54, 1.807) is 7.11 Å². The summed E-state index contributed by atoms with van der Waals surface area (Å²) >= 11 is 0. The SMILES string of the molecule is COCC(=O)C1CC(OC)CN1. The quantitative estimate of drug-likeness (QED) is 0.627. The molecule has 1 saturated heterocycles. The Bertz CT molecular complexity index is 160. The van der Waals surface area contributed by atoms with Crippen LogP contribution in [0.3, 0.4) is 0 Å². The minimum Gasteiger partial charge on any atom is -0.380 e. The topological polar surface area (TPSA) is 47.6 Å². The van der Waals surface area contributed by atoms with E-state index in [0.29, 0.717) is 0 Å². The molecule has 1 rings (SSSR count). The molecule has 1 aliphatic heterocycles. The maximum absolute atomic E-state index is 11.3. The van der Waals surface area contributed by atoms with Crippen molar-refractivity contribution in [2.45, 2.75) is 18.6 Å². The molecule has 4 heteroatoms. The van der Waals surface area contributed by atoms with Crippen LogP contribution < -0.4 is 5.32 Å². The predicted octanol–water partition coefficient (Wildman–Crippen LogP) is -0.421. The fourth-order valence-electron chi connectivity index (χ4n) is 1.37. The van der Waals surface area contributed by atoms with Crippen LogP contribution in [0.2, 0.25) is 0 Å². The highest BCUT2D eigenvalue weighted by Crippen LogP contribution is 2.09. The number of ether oxygens (including phenoxy) is 2. The first kappa shape index (κ1) is 9.64. The van der Waals surface area contributed by atoms with Crippen LogP contribution in [0.4, 0.5) is 0 Å². The van der Waals surface area contributed by atoms with Crippen LogP contribution in [0.5, 0.6) is 0 Å². The Balaban J connectivity index is 2.31. The number of rotatable bonds is 4. The van der Waals surface area contributed by atoms with Crippen molar-refractivity contribution in [2.24, 2.45) is 0 Å². The largest absolute Gasteiger partial charge is 0.380 e. The second-order valence-electron chi connectivity index (χ2n) is 2.95. The van der Waals surface area contributed by atoms with E-state index in [2.05, 4.69) is 5.32 Å². The van der Waals surface area contributed by atoms with E-state index in [0.717, 1.165) is 13.0 Å².